The third-order valence-corrected chi connectivity index (χ3v) is 7.57. The fourth-order valence-corrected chi connectivity index (χ4v) is 5.35. The minimum Gasteiger partial charge on any atom is -0.476 e. The number of nitrogens with two attached hydrogens (primary N) is 1. The molecule has 14 heteroatoms. The molecule has 0 aliphatic rings. The highest BCUT2D eigenvalue weighted by atomic mass is 32.2. The van der Waals surface area contributed by atoms with Crippen LogP contribution >= 0.6 is 11.3 Å². The largest absolute Gasteiger partial charge is 0.476 e. The molecule has 0 amide bonds. The normalized spacial score (nSPS) is 12.1. The zero-order valence-corrected chi connectivity index (χ0v) is 22.4. The Bertz CT molecular complexity index is 1690. The second-order valence-corrected chi connectivity index (χ2v) is 10.6. The van der Waals surface area contributed by atoms with Gasteiger partial charge in [0.25, 0.3) is 11.4 Å². The summed E-state index contributed by atoms with van der Waals surface area (Å²) in [6, 6.07) is 18.6. The summed E-state index contributed by atoms with van der Waals surface area (Å²) < 4.78 is 67.7. The molecule has 0 spiro atoms. The van der Waals surface area contributed by atoms with Crippen LogP contribution in [0.3, 0.4) is 0 Å². The van der Waals surface area contributed by atoms with Crippen molar-refractivity contribution in [1.29, 1.82) is 0 Å². The van der Waals surface area contributed by atoms with Crippen molar-refractivity contribution in [2.45, 2.75) is 17.5 Å². The smallest absolute Gasteiger partial charge is 0.433 e. The van der Waals surface area contributed by atoms with Gasteiger partial charge >= 0.3 is 12.1 Å². The second-order valence-electron chi connectivity index (χ2n) is 8.63. The average molecular weight is 606 g/mol. The first-order valence-corrected chi connectivity index (χ1v) is 13.6. The topological polar surface area (TPSA) is 146 Å². The standard InChI is InChI=1S/C27H18F4N4O3S2.H2O/c28-19-8-6-16(7-9-19)17-2-1-3-18(13-17)23-21(12-15-4-10-20(11-5-15)40(32)38)24(27(29,30)31)35(34-23)26-33-22(14-39-26)25(36)37;/h1-11,13-14,38H,12,32H2;1H2/p+1. The second kappa shape index (κ2) is 11.8. The number of alkyl halides is 3. The molecule has 6 N–H and O–H groups in total. The lowest BCUT2D eigenvalue weighted by Crippen LogP contribution is -2.16. The number of benzene rings is 3. The SMILES string of the molecule is N[S+](O)c1ccc(Cc2c(-c3cccc(-c4ccc(F)cc4)c3)nn(-c3nc(C(=O)O)cs3)c2C(F)(F)F)cc1.O. The maximum atomic E-state index is 14.7. The molecule has 0 aliphatic heterocycles. The van der Waals surface area contributed by atoms with Gasteiger partial charge in [-0.05, 0) is 47.0 Å². The highest BCUT2D eigenvalue weighted by Gasteiger charge is 2.41. The first-order chi connectivity index (χ1) is 19.0. The van der Waals surface area contributed by atoms with E-state index in [-0.39, 0.29) is 28.3 Å². The van der Waals surface area contributed by atoms with E-state index in [1.165, 1.54) is 24.3 Å². The summed E-state index contributed by atoms with van der Waals surface area (Å²) in [4.78, 5) is 15.7. The van der Waals surface area contributed by atoms with Crippen LogP contribution < -0.4 is 5.14 Å². The van der Waals surface area contributed by atoms with Gasteiger partial charge in [0.1, 0.15) is 5.82 Å². The molecule has 5 rings (SSSR count). The molecule has 0 saturated carbocycles. The van der Waals surface area contributed by atoms with Crippen LogP contribution in [0.5, 0.6) is 0 Å². The molecule has 0 saturated heterocycles. The van der Waals surface area contributed by atoms with Gasteiger partial charge in [0.2, 0.25) is 10.0 Å². The molecular formula is C27H21F4N4O4S2+. The fraction of sp³-hybridized carbons (Fsp3) is 0.0741. The monoisotopic (exact) mass is 605 g/mol. The first kappa shape index (κ1) is 29.9. The van der Waals surface area contributed by atoms with Gasteiger partial charge in [-0.2, -0.15) is 22.8 Å². The zero-order chi connectivity index (χ0) is 28.6. The van der Waals surface area contributed by atoms with Crippen molar-refractivity contribution in [3.63, 3.8) is 0 Å². The maximum Gasteiger partial charge on any atom is 0.433 e. The summed E-state index contributed by atoms with van der Waals surface area (Å²) >= 11 is -0.782. The van der Waals surface area contributed by atoms with Crippen LogP contribution in [0, 0.1) is 5.82 Å². The molecule has 1 unspecified atom stereocenters. The van der Waals surface area contributed by atoms with Crippen LogP contribution in [0.25, 0.3) is 27.5 Å². The molecule has 0 radical (unpaired) electrons. The van der Waals surface area contributed by atoms with Crippen molar-refractivity contribution >= 4 is 28.7 Å². The minimum absolute atomic E-state index is 0. The number of nitrogens with zero attached hydrogens (tertiary/aromatic N) is 3. The predicted octanol–water partition coefficient (Wildman–Crippen LogP) is 5.61. The Kier molecular flexibility index (Phi) is 8.60. The van der Waals surface area contributed by atoms with Crippen LogP contribution in [0.15, 0.2) is 83.1 Å². The fourth-order valence-electron chi connectivity index (χ4n) is 4.18. The van der Waals surface area contributed by atoms with Crippen LogP contribution in [-0.2, 0) is 24.0 Å². The van der Waals surface area contributed by atoms with Gasteiger partial charge in [-0.25, -0.2) is 18.9 Å². The van der Waals surface area contributed by atoms with Crippen LogP contribution in [0.1, 0.15) is 27.3 Å². The Hall–Kier alpha value is -4.08. The van der Waals surface area contributed by atoms with Crippen LogP contribution in [0.4, 0.5) is 17.6 Å². The van der Waals surface area contributed by atoms with E-state index in [0.29, 0.717) is 31.8 Å². The summed E-state index contributed by atoms with van der Waals surface area (Å²) in [5.74, 6) is -1.80. The van der Waals surface area contributed by atoms with E-state index in [0.717, 1.165) is 16.7 Å². The number of aromatic nitrogens is 3. The molecule has 2 aromatic heterocycles. The maximum absolute atomic E-state index is 14.7. The van der Waals surface area contributed by atoms with Gasteiger partial charge in [0.05, 0.1) is 5.69 Å². The Morgan fingerprint density at radius 3 is 2.24 bits per heavy atom. The van der Waals surface area contributed by atoms with E-state index in [9.17, 15) is 32.0 Å². The van der Waals surface area contributed by atoms with Crippen molar-refractivity contribution in [2.75, 3.05) is 0 Å². The number of carboxylic acids is 1. The van der Waals surface area contributed by atoms with Gasteiger partial charge in [0.15, 0.2) is 11.4 Å². The van der Waals surface area contributed by atoms with Gasteiger partial charge in [-0.15, -0.1) is 16.5 Å². The molecule has 5 aromatic rings. The molecule has 41 heavy (non-hydrogen) atoms. The molecule has 0 fully saturated rings. The minimum atomic E-state index is -4.88. The lowest BCUT2D eigenvalue weighted by atomic mass is 9.96. The molecule has 0 aliphatic carbocycles. The van der Waals surface area contributed by atoms with E-state index in [1.807, 2.05) is 0 Å². The highest BCUT2D eigenvalue weighted by molar-refractivity contribution is 7.89. The van der Waals surface area contributed by atoms with Crippen molar-refractivity contribution in [2.24, 2.45) is 5.14 Å². The lowest BCUT2D eigenvalue weighted by molar-refractivity contribution is -0.143. The van der Waals surface area contributed by atoms with Gasteiger partial charge in [-0.3, -0.25) is 0 Å². The predicted molar refractivity (Wildman–Crippen MR) is 147 cm³/mol. The highest BCUT2D eigenvalue weighted by Crippen LogP contribution is 2.40. The molecule has 3 aromatic carbocycles. The number of hydrogen-bond donors (Lipinski definition) is 3. The molecule has 212 valence electrons. The number of rotatable bonds is 7. The Morgan fingerprint density at radius 1 is 1.00 bits per heavy atom. The molecule has 2 heterocycles. The van der Waals surface area contributed by atoms with E-state index in [2.05, 4.69) is 10.1 Å². The average Bonchev–Trinajstić information content (AvgIpc) is 3.55. The van der Waals surface area contributed by atoms with Crippen molar-refractivity contribution in [3.05, 3.63) is 107 Å². The first-order valence-electron chi connectivity index (χ1n) is 11.5. The number of hydrogen-bond acceptors (Lipinski definition) is 6. The lowest BCUT2D eigenvalue weighted by Gasteiger charge is -2.12. The molecular weight excluding hydrogens is 584 g/mol. The van der Waals surface area contributed by atoms with Gasteiger partial charge in [-0.1, -0.05) is 42.5 Å². The van der Waals surface area contributed by atoms with Crippen molar-refractivity contribution in [3.8, 4) is 27.5 Å². The number of thiazole rings is 1. The van der Waals surface area contributed by atoms with E-state index >= 15 is 0 Å². The third-order valence-electron chi connectivity index (χ3n) is 6.00. The molecule has 0 bridgehead atoms. The third kappa shape index (κ3) is 6.31. The summed E-state index contributed by atoms with van der Waals surface area (Å²) in [6.45, 7) is 0. The molecule has 8 nitrogen and oxygen atoms in total. The van der Waals surface area contributed by atoms with Crippen LogP contribution in [-0.4, -0.2) is 35.9 Å². The van der Waals surface area contributed by atoms with E-state index in [4.69, 9.17) is 5.14 Å². The summed E-state index contributed by atoms with van der Waals surface area (Å²) in [5.41, 5.74) is 0.534. The Balaban J connectivity index is 0.00000387. The Labute approximate surface area is 237 Å². The number of carbonyl (C=O) groups is 1. The number of aromatic carboxylic acids is 1. The van der Waals surface area contributed by atoms with Crippen LogP contribution in [0.2, 0.25) is 0 Å². The van der Waals surface area contributed by atoms with E-state index < -0.39 is 40.7 Å². The summed E-state index contributed by atoms with van der Waals surface area (Å²) in [7, 11) is 0. The quantitative estimate of drug-likeness (QED) is 0.162. The van der Waals surface area contributed by atoms with Crippen molar-refractivity contribution in [1.82, 2.24) is 14.8 Å². The van der Waals surface area contributed by atoms with Crippen molar-refractivity contribution < 1.29 is 37.5 Å². The molecule has 1 atom stereocenters. The Morgan fingerprint density at radius 2 is 1.66 bits per heavy atom. The summed E-state index contributed by atoms with van der Waals surface area (Å²) in [6.07, 6.45) is -5.06. The summed E-state index contributed by atoms with van der Waals surface area (Å²) in [5, 5.41) is 20.0. The van der Waals surface area contributed by atoms with Gasteiger partial charge in [0, 0.05) is 22.9 Å². The van der Waals surface area contributed by atoms with E-state index in [1.54, 1.807) is 48.5 Å². The number of halogens is 4. The van der Waals surface area contributed by atoms with Gasteiger partial charge < -0.3 is 10.6 Å². The number of carboxylic acid groups (broad SMARTS) is 1. The zero-order valence-electron chi connectivity index (χ0n) is 20.8.